The summed E-state index contributed by atoms with van der Waals surface area (Å²) < 4.78 is 4.96. The second-order valence-electron chi connectivity index (χ2n) is 3.07. The van der Waals surface area contributed by atoms with Crippen molar-refractivity contribution < 1.29 is 4.74 Å². The Morgan fingerprint density at radius 3 is 3.00 bits per heavy atom. The molecule has 0 radical (unpaired) electrons. The molecular formula is C11H11N5O. The van der Waals surface area contributed by atoms with Crippen LogP contribution in [0.5, 0.6) is 5.88 Å². The van der Waals surface area contributed by atoms with Crippen LogP contribution in [0, 0.1) is 0 Å². The first kappa shape index (κ1) is 11.0. The Kier molecular flexibility index (Phi) is 3.59. The van der Waals surface area contributed by atoms with Gasteiger partial charge >= 0.3 is 0 Å². The van der Waals surface area contributed by atoms with Crippen LogP contribution in [0.3, 0.4) is 0 Å². The van der Waals surface area contributed by atoms with Crippen molar-refractivity contribution >= 4 is 12.0 Å². The molecule has 0 aromatic carbocycles. The maximum atomic E-state index is 4.96. The molecule has 0 aliphatic rings. The number of hydrogen-bond donors (Lipinski definition) is 1. The van der Waals surface area contributed by atoms with Crippen LogP contribution in [0.4, 0.5) is 5.82 Å². The smallest absolute Gasteiger partial charge is 0.218 e. The number of methoxy groups -OCH3 is 1. The minimum Gasteiger partial charge on any atom is -0.481 e. The minimum absolute atomic E-state index is 0.482. The van der Waals surface area contributed by atoms with Crippen molar-refractivity contribution in [1.29, 1.82) is 0 Å². The van der Waals surface area contributed by atoms with Crippen molar-refractivity contribution in [2.75, 3.05) is 12.5 Å². The standard InChI is InChI=1S/C11H11N5O/c1-17-11-6-10(13-8-14-11)16-15-7-9-4-2-3-5-12-9/h2-8H,1H3,(H,13,14,16)/b15-7+. The summed E-state index contributed by atoms with van der Waals surface area (Å²) in [5.41, 5.74) is 3.53. The van der Waals surface area contributed by atoms with E-state index in [-0.39, 0.29) is 0 Å². The molecule has 0 aliphatic carbocycles. The molecule has 0 bridgehead atoms. The zero-order chi connectivity index (χ0) is 11.9. The molecule has 0 spiro atoms. The topological polar surface area (TPSA) is 72.3 Å². The van der Waals surface area contributed by atoms with E-state index in [4.69, 9.17) is 4.74 Å². The number of nitrogens with zero attached hydrogens (tertiary/aromatic N) is 4. The maximum absolute atomic E-state index is 4.96. The Balaban J connectivity index is 2.00. The van der Waals surface area contributed by atoms with E-state index in [1.54, 1.807) is 25.6 Å². The molecule has 2 heterocycles. The monoisotopic (exact) mass is 229 g/mol. The molecule has 17 heavy (non-hydrogen) atoms. The fourth-order valence-electron chi connectivity index (χ4n) is 1.13. The van der Waals surface area contributed by atoms with Crippen molar-refractivity contribution in [2.24, 2.45) is 5.10 Å². The largest absolute Gasteiger partial charge is 0.481 e. The van der Waals surface area contributed by atoms with Crippen molar-refractivity contribution in [3.8, 4) is 5.88 Å². The number of hydrogen-bond acceptors (Lipinski definition) is 6. The molecule has 6 heteroatoms. The molecule has 2 aromatic rings. The molecule has 0 aliphatic heterocycles. The fourth-order valence-corrected chi connectivity index (χ4v) is 1.13. The van der Waals surface area contributed by atoms with E-state index in [0.717, 1.165) is 5.69 Å². The number of anilines is 1. The molecule has 0 atom stereocenters. The van der Waals surface area contributed by atoms with E-state index >= 15 is 0 Å². The zero-order valence-corrected chi connectivity index (χ0v) is 9.24. The normalized spacial score (nSPS) is 10.4. The van der Waals surface area contributed by atoms with Gasteiger partial charge in [0.25, 0.3) is 0 Å². The molecule has 6 nitrogen and oxygen atoms in total. The van der Waals surface area contributed by atoms with Gasteiger partial charge < -0.3 is 4.74 Å². The van der Waals surface area contributed by atoms with Crippen LogP contribution in [-0.2, 0) is 0 Å². The summed E-state index contributed by atoms with van der Waals surface area (Å²) in [5, 5.41) is 4.00. The number of aromatic nitrogens is 3. The summed E-state index contributed by atoms with van der Waals surface area (Å²) in [6.45, 7) is 0. The summed E-state index contributed by atoms with van der Waals surface area (Å²) in [7, 11) is 1.54. The highest BCUT2D eigenvalue weighted by atomic mass is 16.5. The van der Waals surface area contributed by atoms with E-state index in [1.807, 2.05) is 18.2 Å². The van der Waals surface area contributed by atoms with E-state index in [0.29, 0.717) is 11.7 Å². The SMILES string of the molecule is COc1cc(N/N=C/c2ccccn2)ncn1. The van der Waals surface area contributed by atoms with Gasteiger partial charge in [-0.3, -0.25) is 10.4 Å². The lowest BCUT2D eigenvalue weighted by molar-refractivity contribution is 0.397. The average molecular weight is 229 g/mol. The number of nitrogens with one attached hydrogen (secondary N) is 1. The van der Waals surface area contributed by atoms with Crippen LogP contribution in [-0.4, -0.2) is 28.3 Å². The molecule has 0 saturated carbocycles. The first-order valence-corrected chi connectivity index (χ1v) is 4.94. The Hall–Kier alpha value is -2.50. The van der Waals surface area contributed by atoms with Crippen molar-refractivity contribution in [1.82, 2.24) is 15.0 Å². The molecule has 0 saturated heterocycles. The molecule has 2 aromatic heterocycles. The van der Waals surface area contributed by atoms with Gasteiger partial charge in [0, 0.05) is 12.3 Å². The van der Waals surface area contributed by atoms with Gasteiger partial charge in [-0.25, -0.2) is 9.97 Å². The zero-order valence-electron chi connectivity index (χ0n) is 9.24. The summed E-state index contributed by atoms with van der Waals surface area (Å²) in [5.74, 6) is 1.04. The Morgan fingerprint density at radius 1 is 1.29 bits per heavy atom. The van der Waals surface area contributed by atoms with Gasteiger partial charge in [0.15, 0.2) is 5.82 Å². The average Bonchev–Trinajstić information content (AvgIpc) is 2.40. The molecule has 0 unspecified atom stereocenters. The first-order chi connectivity index (χ1) is 8.38. The van der Waals surface area contributed by atoms with Gasteiger partial charge in [0.05, 0.1) is 19.0 Å². The third kappa shape index (κ3) is 3.23. The highest BCUT2D eigenvalue weighted by Gasteiger charge is 1.95. The Labute approximate surface area is 98.4 Å². The van der Waals surface area contributed by atoms with Crippen LogP contribution < -0.4 is 10.2 Å². The predicted molar refractivity (Wildman–Crippen MR) is 64.0 cm³/mol. The quantitative estimate of drug-likeness (QED) is 0.632. The van der Waals surface area contributed by atoms with Gasteiger partial charge in [-0.15, -0.1) is 0 Å². The highest BCUT2D eigenvalue weighted by molar-refractivity contribution is 5.77. The first-order valence-electron chi connectivity index (χ1n) is 4.94. The molecule has 0 fully saturated rings. The van der Waals surface area contributed by atoms with Crippen molar-refractivity contribution in [2.45, 2.75) is 0 Å². The van der Waals surface area contributed by atoms with E-state index in [9.17, 15) is 0 Å². The van der Waals surface area contributed by atoms with Gasteiger partial charge in [0.2, 0.25) is 5.88 Å². The summed E-state index contributed by atoms with van der Waals surface area (Å²) in [4.78, 5) is 12.0. The van der Waals surface area contributed by atoms with Gasteiger partial charge in [-0.05, 0) is 12.1 Å². The lowest BCUT2D eigenvalue weighted by atomic mass is 10.4. The van der Waals surface area contributed by atoms with E-state index in [2.05, 4.69) is 25.5 Å². The fraction of sp³-hybridized carbons (Fsp3) is 0.0909. The third-order valence-electron chi connectivity index (χ3n) is 1.91. The van der Waals surface area contributed by atoms with Crippen LogP contribution in [0.1, 0.15) is 5.69 Å². The number of pyridine rings is 1. The lowest BCUT2D eigenvalue weighted by Crippen LogP contribution is -1.96. The summed E-state index contributed by atoms with van der Waals surface area (Å²) in [6, 6.07) is 7.24. The van der Waals surface area contributed by atoms with Gasteiger partial charge in [-0.1, -0.05) is 6.07 Å². The van der Waals surface area contributed by atoms with Crippen LogP contribution >= 0.6 is 0 Å². The number of hydrazone groups is 1. The molecule has 2 rings (SSSR count). The Bertz CT molecular complexity index is 500. The number of rotatable bonds is 4. The van der Waals surface area contributed by atoms with Gasteiger partial charge in [-0.2, -0.15) is 5.10 Å². The summed E-state index contributed by atoms with van der Waals surface area (Å²) in [6.07, 6.45) is 4.71. The van der Waals surface area contributed by atoms with Crippen LogP contribution in [0.25, 0.3) is 0 Å². The van der Waals surface area contributed by atoms with Gasteiger partial charge in [0.1, 0.15) is 6.33 Å². The van der Waals surface area contributed by atoms with Crippen LogP contribution in [0.15, 0.2) is 41.9 Å². The van der Waals surface area contributed by atoms with Crippen molar-refractivity contribution in [3.05, 3.63) is 42.5 Å². The maximum Gasteiger partial charge on any atom is 0.218 e. The lowest BCUT2D eigenvalue weighted by Gasteiger charge is -2.00. The highest BCUT2D eigenvalue weighted by Crippen LogP contribution is 2.09. The molecule has 86 valence electrons. The molecular weight excluding hydrogens is 218 g/mol. The van der Waals surface area contributed by atoms with E-state index < -0.39 is 0 Å². The van der Waals surface area contributed by atoms with Crippen molar-refractivity contribution in [3.63, 3.8) is 0 Å². The minimum atomic E-state index is 0.482. The van der Waals surface area contributed by atoms with E-state index in [1.165, 1.54) is 6.33 Å². The number of ether oxygens (including phenoxy) is 1. The molecule has 1 N–H and O–H groups in total. The van der Waals surface area contributed by atoms with Crippen LogP contribution in [0.2, 0.25) is 0 Å². The second-order valence-corrected chi connectivity index (χ2v) is 3.07. The summed E-state index contributed by atoms with van der Waals surface area (Å²) >= 11 is 0. The predicted octanol–water partition coefficient (Wildman–Crippen LogP) is 1.33. The third-order valence-corrected chi connectivity index (χ3v) is 1.91. The Morgan fingerprint density at radius 2 is 2.24 bits per heavy atom. The molecule has 0 amide bonds. The second kappa shape index (κ2) is 5.55.